The van der Waals surface area contributed by atoms with Crippen LogP contribution in [0.5, 0.6) is 0 Å². The maximum absolute atomic E-state index is 12.0. The molecule has 25 heavy (non-hydrogen) atoms. The Morgan fingerprint density at radius 3 is 2.48 bits per heavy atom. The Labute approximate surface area is 149 Å². The van der Waals surface area contributed by atoms with Gasteiger partial charge in [-0.2, -0.15) is 0 Å². The molecule has 2 N–H and O–H groups in total. The molecule has 2 heterocycles. The molecule has 8 heteroatoms. The van der Waals surface area contributed by atoms with Gasteiger partial charge in [-0.3, -0.25) is 15.6 Å². The Morgan fingerprint density at radius 1 is 1.00 bits per heavy atom. The van der Waals surface area contributed by atoms with Crippen molar-refractivity contribution >= 4 is 34.8 Å². The van der Waals surface area contributed by atoms with E-state index in [4.69, 9.17) is 11.6 Å². The first kappa shape index (κ1) is 16.7. The van der Waals surface area contributed by atoms with Crippen molar-refractivity contribution in [3.63, 3.8) is 0 Å². The molecule has 0 aliphatic carbocycles. The first-order valence-electron chi connectivity index (χ1n) is 7.45. The number of aromatic nitrogens is 3. The third kappa shape index (κ3) is 4.21. The minimum Gasteiger partial charge on any atom is -0.328 e. The molecule has 0 unspecified atom stereocenters. The minimum absolute atomic E-state index is 0.202. The molecule has 0 atom stereocenters. The number of para-hydroxylation sites is 1. The quantitative estimate of drug-likeness (QED) is 0.541. The van der Waals surface area contributed by atoms with E-state index in [1.807, 2.05) is 42.3 Å². The summed E-state index contributed by atoms with van der Waals surface area (Å²) in [6.07, 6.45) is 0. The summed E-state index contributed by atoms with van der Waals surface area (Å²) in [6, 6.07) is 18.1. The van der Waals surface area contributed by atoms with E-state index in [2.05, 4.69) is 26.0 Å². The van der Waals surface area contributed by atoms with Crippen molar-refractivity contribution in [3.8, 4) is 0 Å². The zero-order valence-electron chi connectivity index (χ0n) is 13.3. The van der Waals surface area contributed by atoms with Gasteiger partial charge in [0, 0.05) is 12.7 Å². The van der Waals surface area contributed by atoms with Crippen LogP contribution in [0, 0.1) is 0 Å². The molecule has 0 saturated heterocycles. The van der Waals surface area contributed by atoms with Gasteiger partial charge in [0.05, 0.1) is 0 Å². The highest BCUT2D eigenvalue weighted by atomic mass is 35.5. The Morgan fingerprint density at radius 2 is 1.80 bits per heavy atom. The van der Waals surface area contributed by atoms with E-state index in [1.54, 1.807) is 30.3 Å². The van der Waals surface area contributed by atoms with Crippen LogP contribution in [0.25, 0.3) is 0 Å². The molecule has 3 aromatic rings. The van der Waals surface area contributed by atoms with E-state index in [9.17, 15) is 4.79 Å². The fourth-order valence-electron chi connectivity index (χ4n) is 2.07. The SMILES string of the molecule is CN(c1ccccc1)c1ccc(NNC(=O)c2cccc(Cl)n2)nn1. The first-order valence-corrected chi connectivity index (χ1v) is 7.83. The van der Waals surface area contributed by atoms with Crippen LogP contribution in [0.15, 0.2) is 60.7 Å². The number of nitrogens with one attached hydrogen (secondary N) is 2. The number of hydrazine groups is 1. The van der Waals surface area contributed by atoms with Gasteiger partial charge in [0.25, 0.3) is 5.91 Å². The second-order valence-corrected chi connectivity index (χ2v) is 5.48. The lowest BCUT2D eigenvalue weighted by atomic mass is 10.3. The van der Waals surface area contributed by atoms with Crippen molar-refractivity contribution in [1.29, 1.82) is 0 Å². The largest absolute Gasteiger partial charge is 0.328 e. The van der Waals surface area contributed by atoms with E-state index < -0.39 is 5.91 Å². The average molecular weight is 355 g/mol. The van der Waals surface area contributed by atoms with E-state index >= 15 is 0 Å². The molecule has 2 aromatic heterocycles. The Kier molecular flexibility index (Phi) is 5.06. The van der Waals surface area contributed by atoms with Crippen molar-refractivity contribution < 1.29 is 4.79 Å². The summed E-state index contributed by atoms with van der Waals surface area (Å²) in [6.45, 7) is 0. The lowest BCUT2D eigenvalue weighted by Gasteiger charge is -2.17. The van der Waals surface area contributed by atoms with Crippen LogP contribution >= 0.6 is 11.6 Å². The molecule has 0 aliphatic rings. The Hall–Kier alpha value is -3.19. The maximum atomic E-state index is 12.0. The van der Waals surface area contributed by atoms with Gasteiger partial charge >= 0.3 is 0 Å². The second-order valence-electron chi connectivity index (χ2n) is 5.10. The topological polar surface area (TPSA) is 83.0 Å². The summed E-state index contributed by atoms with van der Waals surface area (Å²) in [7, 11) is 1.90. The summed E-state index contributed by atoms with van der Waals surface area (Å²) in [5, 5.41) is 8.44. The molecular formula is C17H15ClN6O. The summed E-state index contributed by atoms with van der Waals surface area (Å²) in [5.74, 6) is 0.662. The van der Waals surface area contributed by atoms with Crippen LogP contribution in [0.1, 0.15) is 10.5 Å². The van der Waals surface area contributed by atoms with Gasteiger partial charge < -0.3 is 4.90 Å². The summed E-state index contributed by atoms with van der Waals surface area (Å²) >= 11 is 5.77. The molecule has 0 bridgehead atoms. The van der Waals surface area contributed by atoms with E-state index in [-0.39, 0.29) is 10.8 Å². The molecule has 0 fully saturated rings. The van der Waals surface area contributed by atoms with Gasteiger partial charge in [-0.1, -0.05) is 35.9 Å². The molecule has 126 valence electrons. The predicted octanol–water partition coefficient (Wildman–Crippen LogP) is 3.05. The summed E-state index contributed by atoms with van der Waals surface area (Å²) in [5.41, 5.74) is 6.39. The van der Waals surface area contributed by atoms with E-state index in [0.717, 1.165) is 5.69 Å². The molecule has 0 saturated carbocycles. The lowest BCUT2D eigenvalue weighted by molar-refractivity contribution is 0.0957. The first-order chi connectivity index (χ1) is 12.1. The van der Waals surface area contributed by atoms with Gasteiger partial charge in [-0.05, 0) is 36.4 Å². The zero-order valence-corrected chi connectivity index (χ0v) is 14.1. The number of hydrogen-bond donors (Lipinski definition) is 2. The highest BCUT2D eigenvalue weighted by Gasteiger charge is 2.09. The zero-order chi connectivity index (χ0) is 17.6. The summed E-state index contributed by atoms with van der Waals surface area (Å²) < 4.78 is 0. The lowest BCUT2D eigenvalue weighted by Crippen LogP contribution is -2.30. The number of pyridine rings is 1. The monoisotopic (exact) mass is 354 g/mol. The number of hydrogen-bond acceptors (Lipinski definition) is 6. The molecule has 1 aromatic carbocycles. The van der Waals surface area contributed by atoms with Crippen molar-refractivity contribution in [3.05, 3.63) is 71.5 Å². The van der Waals surface area contributed by atoms with Crippen LogP contribution < -0.4 is 15.8 Å². The molecule has 3 rings (SSSR count). The number of halogens is 1. The van der Waals surface area contributed by atoms with Gasteiger partial charge in [0.15, 0.2) is 11.6 Å². The minimum atomic E-state index is -0.421. The van der Waals surface area contributed by atoms with Crippen LogP contribution in [-0.2, 0) is 0 Å². The Balaban J connectivity index is 1.62. The van der Waals surface area contributed by atoms with Crippen molar-refractivity contribution in [2.24, 2.45) is 0 Å². The fraction of sp³-hybridized carbons (Fsp3) is 0.0588. The fourth-order valence-corrected chi connectivity index (χ4v) is 2.24. The van der Waals surface area contributed by atoms with Crippen molar-refractivity contribution in [2.45, 2.75) is 0 Å². The molecule has 0 radical (unpaired) electrons. The van der Waals surface area contributed by atoms with Crippen molar-refractivity contribution in [2.75, 3.05) is 17.4 Å². The average Bonchev–Trinajstić information content (AvgIpc) is 2.66. The third-order valence-electron chi connectivity index (χ3n) is 3.39. The van der Waals surface area contributed by atoms with Gasteiger partial charge in [0.1, 0.15) is 10.8 Å². The highest BCUT2D eigenvalue weighted by Crippen LogP contribution is 2.20. The van der Waals surface area contributed by atoms with E-state index in [0.29, 0.717) is 11.6 Å². The van der Waals surface area contributed by atoms with Crippen LogP contribution in [-0.4, -0.2) is 28.1 Å². The standard InChI is InChI=1S/C17H15ClN6O/c1-24(12-6-3-2-4-7-12)16-11-10-15(20-22-16)21-23-17(25)13-8-5-9-14(18)19-13/h2-11H,1H3,(H,20,21)(H,23,25). The predicted molar refractivity (Wildman–Crippen MR) is 96.9 cm³/mol. The van der Waals surface area contributed by atoms with E-state index in [1.165, 1.54) is 0 Å². The molecule has 0 spiro atoms. The number of benzene rings is 1. The van der Waals surface area contributed by atoms with Crippen LogP contribution in [0.4, 0.5) is 17.3 Å². The van der Waals surface area contributed by atoms with Crippen LogP contribution in [0.2, 0.25) is 5.15 Å². The number of carbonyl (C=O) groups excluding carboxylic acids is 1. The molecule has 0 aliphatic heterocycles. The number of carbonyl (C=O) groups is 1. The number of amides is 1. The van der Waals surface area contributed by atoms with Gasteiger partial charge in [-0.25, -0.2) is 4.98 Å². The molecule has 7 nitrogen and oxygen atoms in total. The van der Waals surface area contributed by atoms with Gasteiger partial charge in [0.2, 0.25) is 0 Å². The highest BCUT2D eigenvalue weighted by molar-refractivity contribution is 6.29. The number of anilines is 3. The van der Waals surface area contributed by atoms with Crippen molar-refractivity contribution in [1.82, 2.24) is 20.6 Å². The number of nitrogens with zero attached hydrogens (tertiary/aromatic N) is 4. The normalized spacial score (nSPS) is 10.2. The number of rotatable bonds is 5. The second kappa shape index (κ2) is 7.59. The van der Waals surface area contributed by atoms with Crippen LogP contribution in [0.3, 0.4) is 0 Å². The third-order valence-corrected chi connectivity index (χ3v) is 3.60. The Bertz CT molecular complexity index is 857. The van der Waals surface area contributed by atoms with Gasteiger partial charge in [-0.15, -0.1) is 10.2 Å². The summed E-state index contributed by atoms with van der Waals surface area (Å²) in [4.78, 5) is 17.8. The molecular weight excluding hydrogens is 340 g/mol. The maximum Gasteiger partial charge on any atom is 0.288 e. The molecule has 1 amide bonds. The smallest absolute Gasteiger partial charge is 0.288 e.